The fourth-order valence-electron chi connectivity index (χ4n) is 3.48. The summed E-state index contributed by atoms with van der Waals surface area (Å²) in [6, 6.07) is 17.9. The number of para-hydroxylation sites is 1. The average Bonchev–Trinajstić information content (AvgIpc) is 2.75. The number of nitrogens with one attached hydrogen (secondary N) is 1. The van der Waals surface area contributed by atoms with Gasteiger partial charge in [-0.15, -0.1) is 0 Å². The van der Waals surface area contributed by atoms with Crippen molar-refractivity contribution < 1.29 is 9.59 Å². The molecular formula is C24H29N3O2. The first-order valence-electron chi connectivity index (χ1n) is 10.2. The Bertz CT molecular complexity index is 840. The summed E-state index contributed by atoms with van der Waals surface area (Å²) < 4.78 is 0. The second-order valence-corrected chi connectivity index (χ2v) is 7.23. The Labute approximate surface area is 173 Å². The number of anilines is 1. The number of nitrogens with zero attached hydrogens (tertiary/aromatic N) is 2. The summed E-state index contributed by atoms with van der Waals surface area (Å²) in [6.07, 6.45) is 5.01. The van der Waals surface area contributed by atoms with Gasteiger partial charge < -0.3 is 10.2 Å². The lowest BCUT2D eigenvalue weighted by Crippen LogP contribution is -2.49. The number of carbonyl (C=O) groups excluding carboxylic acids is 2. The Balaban J connectivity index is 1.41. The van der Waals surface area contributed by atoms with Gasteiger partial charge in [0.1, 0.15) is 6.42 Å². The van der Waals surface area contributed by atoms with Crippen LogP contribution in [0.2, 0.25) is 0 Å². The van der Waals surface area contributed by atoms with Crippen LogP contribution >= 0.6 is 0 Å². The fraction of sp³-hybridized carbons (Fsp3) is 0.333. The standard InChI is InChI=1S/C24H29N3O2/c1-2-21-12-6-7-13-22(21)25-23(28)19-24(29)27-17-15-26(16-18-27)14-8-11-20-9-4-3-5-10-20/h3-13H,2,14-19H2,1H3,(H,25,28)/b11-8+. The molecule has 2 aromatic carbocycles. The Morgan fingerprint density at radius 3 is 2.38 bits per heavy atom. The van der Waals surface area contributed by atoms with Gasteiger partial charge in [-0.05, 0) is 23.6 Å². The molecule has 2 aromatic rings. The number of benzene rings is 2. The maximum absolute atomic E-state index is 12.5. The van der Waals surface area contributed by atoms with Gasteiger partial charge in [0.2, 0.25) is 11.8 Å². The first-order valence-corrected chi connectivity index (χ1v) is 10.2. The van der Waals surface area contributed by atoms with Crippen molar-refractivity contribution in [1.82, 2.24) is 9.80 Å². The monoisotopic (exact) mass is 391 g/mol. The molecule has 0 aliphatic carbocycles. The van der Waals surface area contributed by atoms with Crippen LogP contribution in [-0.4, -0.2) is 54.3 Å². The minimum atomic E-state index is -0.246. The molecule has 3 rings (SSSR count). The lowest BCUT2D eigenvalue weighted by Gasteiger charge is -2.34. The molecular weight excluding hydrogens is 362 g/mol. The van der Waals surface area contributed by atoms with Crippen LogP contribution in [0.25, 0.3) is 6.08 Å². The minimum Gasteiger partial charge on any atom is -0.340 e. The maximum atomic E-state index is 12.5. The predicted octanol–water partition coefficient (Wildman–Crippen LogP) is 3.44. The summed E-state index contributed by atoms with van der Waals surface area (Å²) in [5.74, 6) is -0.347. The predicted molar refractivity (Wildman–Crippen MR) is 118 cm³/mol. The largest absolute Gasteiger partial charge is 0.340 e. The third-order valence-electron chi connectivity index (χ3n) is 5.18. The lowest BCUT2D eigenvalue weighted by molar-refractivity contribution is -0.136. The van der Waals surface area contributed by atoms with E-state index in [0.29, 0.717) is 13.1 Å². The van der Waals surface area contributed by atoms with Crippen molar-refractivity contribution in [2.24, 2.45) is 0 Å². The highest BCUT2D eigenvalue weighted by atomic mass is 16.2. The van der Waals surface area contributed by atoms with E-state index >= 15 is 0 Å². The summed E-state index contributed by atoms with van der Waals surface area (Å²) in [6.45, 7) is 5.89. The third-order valence-corrected chi connectivity index (χ3v) is 5.18. The van der Waals surface area contributed by atoms with E-state index < -0.39 is 0 Å². The van der Waals surface area contributed by atoms with Crippen molar-refractivity contribution in [2.45, 2.75) is 19.8 Å². The second kappa shape index (κ2) is 10.6. The van der Waals surface area contributed by atoms with E-state index in [-0.39, 0.29) is 18.2 Å². The van der Waals surface area contributed by atoms with Crippen molar-refractivity contribution in [3.63, 3.8) is 0 Å². The molecule has 0 unspecified atom stereocenters. The number of rotatable bonds is 7. The second-order valence-electron chi connectivity index (χ2n) is 7.23. The molecule has 0 bridgehead atoms. The molecule has 1 N–H and O–H groups in total. The molecule has 0 spiro atoms. The molecule has 0 saturated carbocycles. The van der Waals surface area contributed by atoms with Gasteiger partial charge in [0.05, 0.1) is 0 Å². The Kier molecular flexibility index (Phi) is 7.59. The van der Waals surface area contributed by atoms with Crippen molar-refractivity contribution in [3.05, 3.63) is 71.8 Å². The van der Waals surface area contributed by atoms with Crippen LogP contribution in [-0.2, 0) is 16.0 Å². The first kappa shape index (κ1) is 20.8. The number of carbonyl (C=O) groups is 2. The molecule has 2 amide bonds. The van der Waals surface area contributed by atoms with E-state index in [1.807, 2.05) is 49.4 Å². The van der Waals surface area contributed by atoms with Gasteiger partial charge in [-0.1, -0.05) is 67.6 Å². The highest BCUT2D eigenvalue weighted by molar-refractivity contribution is 6.03. The summed E-state index contributed by atoms with van der Waals surface area (Å²) in [5, 5.41) is 2.88. The molecule has 5 nitrogen and oxygen atoms in total. The van der Waals surface area contributed by atoms with Crippen molar-refractivity contribution in [1.29, 1.82) is 0 Å². The van der Waals surface area contributed by atoms with Gasteiger partial charge in [-0.25, -0.2) is 0 Å². The average molecular weight is 392 g/mol. The summed E-state index contributed by atoms with van der Waals surface area (Å²) in [7, 11) is 0. The Morgan fingerprint density at radius 2 is 1.66 bits per heavy atom. The van der Waals surface area contributed by atoms with Gasteiger partial charge in [-0.3, -0.25) is 14.5 Å². The molecule has 0 atom stereocenters. The molecule has 152 valence electrons. The highest BCUT2D eigenvalue weighted by Gasteiger charge is 2.22. The number of hydrogen-bond donors (Lipinski definition) is 1. The van der Waals surface area contributed by atoms with E-state index in [1.165, 1.54) is 5.56 Å². The Morgan fingerprint density at radius 1 is 0.966 bits per heavy atom. The minimum absolute atomic E-state index is 0.101. The summed E-state index contributed by atoms with van der Waals surface area (Å²) in [5.41, 5.74) is 3.06. The molecule has 1 aliphatic rings. The smallest absolute Gasteiger partial charge is 0.233 e. The zero-order valence-electron chi connectivity index (χ0n) is 17.0. The topological polar surface area (TPSA) is 52.7 Å². The quantitative estimate of drug-likeness (QED) is 0.736. The van der Waals surface area contributed by atoms with Crippen LogP contribution in [0.3, 0.4) is 0 Å². The normalized spacial score (nSPS) is 14.9. The van der Waals surface area contributed by atoms with Crippen LogP contribution in [0.5, 0.6) is 0 Å². The highest BCUT2D eigenvalue weighted by Crippen LogP contribution is 2.16. The molecule has 1 fully saturated rings. The summed E-state index contributed by atoms with van der Waals surface area (Å²) in [4.78, 5) is 28.9. The molecule has 1 heterocycles. The van der Waals surface area contributed by atoms with Crippen molar-refractivity contribution >= 4 is 23.6 Å². The lowest BCUT2D eigenvalue weighted by atomic mass is 10.1. The van der Waals surface area contributed by atoms with Gasteiger partial charge in [0.15, 0.2) is 0 Å². The van der Waals surface area contributed by atoms with E-state index in [9.17, 15) is 9.59 Å². The maximum Gasteiger partial charge on any atom is 0.233 e. The van der Waals surface area contributed by atoms with Gasteiger partial charge in [0.25, 0.3) is 0 Å². The SMILES string of the molecule is CCc1ccccc1NC(=O)CC(=O)N1CCN(C/C=C/c2ccccc2)CC1. The third kappa shape index (κ3) is 6.29. The van der Waals surface area contributed by atoms with Gasteiger partial charge in [-0.2, -0.15) is 0 Å². The molecule has 0 radical (unpaired) electrons. The van der Waals surface area contributed by atoms with Crippen LogP contribution in [0.1, 0.15) is 24.5 Å². The van der Waals surface area contributed by atoms with Crippen molar-refractivity contribution in [2.75, 3.05) is 38.0 Å². The molecule has 1 saturated heterocycles. The van der Waals surface area contributed by atoms with Crippen molar-refractivity contribution in [3.8, 4) is 0 Å². The van der Waals surface area contributed by atoms with E-state index in [0.717, 1.165) is 37.3 Å². The zero-order chi connectivity index (χ0) is 20.5. The van der Waals surface area contributed by atoms with Crippen LogP contribution < -0.4 is 5.32 Å². The zero-order valence-corrected chi connectivity index (χ0v) is 17.0. The number of aryl methyl sites for hydroxylation is 1. The van der Waals surface area contributed by atoms with Gasteiger partial charge in [0, 0.05) is 38.4 Å². The molecule has 5 heteroatoms. The Hall–Kier alpha value is -2.92. The van der Waals surface area contributed by atoms with Gasteiger partial charge >= 0.3 is 0 Å². The van der Waals surface area contributed by atoms with Crippen LogP contribution in [0.15, 0.2) is 60.7 Å². The first-order chi connectivity index (χ1) is 14.2. The summed E-state index contributed by atoms with van der Waals surface area (Å²) >= 11 is 0. The van der Waals surface area contributed by atoms with E-state index in [1.54, 1.807) is 4.90 Å². The molecule has 1 aliphatic heterocycles. The van der Waals surface area contributed by atoms with Crippen LogP contribution in [0.4, 0.5) is 5.69 Å². The molecule has 29 heavy (non-hydrogen) atoms. The number of amides is 2. The fourth-order valence-corrected chi connectivity index (χ4v) is 3.48. The van der Waals surface area contributed by atoms with Crippen LogP contribution in [0, 0.1) is 0 Å². The molecule has 0 aromatic heterocycles. The van der Waals surface area contributed by atoms with E-state index in [4.69, 9.17) is 0 Å². The number of hydrogen-bond acceptors (Lipinski definition) is 3. The number of piperazine rings is 1. The van der Waals surface area contributed by atoms with E-state index in [2.05, 4.69) is 34.5 Å².